The van der Waals surface area contributed by atoms with Crippen LogP contribution in [0.2, 0.25) is 0 Å². The van der Waals surface area contributed by atoms with Crippen molar-refractivity contribution >= 4 is 11.6 Å². The predicted molar refractivity (Wildman–Crippen MR) is 100.0 cm³/mol. The van der Waals surface area contributed by atoms with Gasteiger partial charge in [-0.2, -0.15) is 0 Å². The fourth-order valence-corrected chi connectivity index (χ4v) is 2.69. The Bertz CT molecular complexity index is 978. The topological polar surface area (TPSA) is 51.1 Å². The van der Waals surface area contributed by atoms with E-state index in [4.69, 9.17) is 0 Å². The van der Waals surface area contributed by atoms with Gasteiger partial charge in [-0.1, -0.05) is 31.2 Å². The molecule has 1 amide bonds. The Hall–Kier alpha value is -3.21. The lowest BCUT2D eigenvalue weighted by molar-refractivity contribution is 0.102. The lowest BCUT2D eigenvalue weighted by Gasteiger charge is -2.09. The van der Waals surface area contributed by atoms with Crippen LogP contribution in [0.3, 0.4) is 0 Å². The van der Waals surface area contributed by atoms with E-state index in [9.17, 15) is 14.0 Å². The zero-order valence-corrected chi connectivity index (χ0v) is 14.4. The van der Waals surface area contributed by atoms with Gasteiger partial charge in [0.2, 0.25) is 0 Å². The first-order chi connectivity index (χ1) is 12.6. The third kappa shape index (κ3) is 4.06. The molecular formula is C21H19FN2O2. The van der Waals surface area contributed by atoms with E-state index in [1.807, 2.05) is 24.3 Å². The summed E-state index contributed by atoms with van der Waals surface area (Å²) in [4.78, 5) is 25.1. The number of halogens is 1. The van der Waals surface area contributed by atoms with Crippen molar-refractivity contribution in [2.24, 2.45) is 0 Å². The summed E-state index contributed by atoms with van der Waals surface area (Å²) in [6.45, 7) is 2.25. The molecule has 1 aromatic heterocycles. The van der Waals surface area contributed by atoms with Crippen molar-refractivity contribution in [3.05, 3.63) is 99.7 Å². The van der Waals surface area contributed by atoms with Crippen molar-refractivity contribution in [2.75, 3.05) is 5.32 Å². The average molecular weight is 350 g/mol. The monoisotopic (exact) mass is 350 g/mol. The molecule has 0 saturated heterocycles. The standard InChI is InChI=1S/C21H19FN2O2/c1-2-15-8-10-18(11-9-15)23-20(25)19-7-4-12-24(21(19)26)14-16-5-3-6-17(22)13-16/h3-13H,2,14H2,1H3,(H,23,25). The molecule has 2 aromatic carbocycles. The summed E-state index contributed by atoms with van der Waals surface area (Å²) in [5.41, 5.74) is 2.08. The summed E-state index contributed by atoms with van der Waals surface area (Å²) in [5.74, 6) is -0.826. The van der Waals surface area contributed by atoms with Gasteiger partial charge < -0.3 is 9.88 Å². The second kappa shape index (κ2) is 7.78. The molecule has 0 aliphatic heterocycles. The molecule has 0 aliphatic carbocycles. The molecule has 5 heteroatoms. The highest BCUT2D eigenvalue weighted by molar-refractivity contribution is 6.03. The Morgan fingerprint density at radius 3 is 2.50 bits per heavy atom. The van der Waals surface area contributed by atoms with Gasteiger partial charge in [0.1, 0.15) is 11.4 Å². The SMILES string of the molecule is CCc1ccc(NC(=O)c2cccn(Cc3cccc(F)c3)c2=O)cc1. The van der Waals surface area contributed by atoms with Crippen LogP contribution in [-0.2, 0) is 13.0 Å². The molecule has 3 rings (SSSR count). The maximum atomic E-state index is 13.3. The van der Waals surface area contributed by atoms with E-state index in [1.165, 1.54) is 28.3 Å². The van der Waals surface area contributed by atoms with E-state index >= 15 is 0 Å². The predicted octanol–water partition coefficient (Wildman–Crippen LogP) is 3.85. The van der Waals surface area contributed by atoms with Gasteiger partial charge >= 0.3 is 0 Å². The van der Waals surface area contributed by atoms with Crippen molar-refractivity contribution in [3.8, 4) is 0 Å². The molecule has 0 bridgehead atoms. The van der Waals surface area contributed by atoms with E-state index < -0.39 is 11.5 Å². The number of hydrogen-bond donors (Lipinski definition) is 1. The molecule has 3 aromatic rings. The summed E-state index contributed by atoms with van der Waals surface area (Å²) in [5, 5.41) is 2.74. The van der Waals surface area contributed by atoms with Gasteiger partial charge in [0.25, 0.3) is 11.5 Å². The molecule has 0 saturated carbocycles. The Kier molecular flexibility index (Phi) is 5.27. The van der Waals surface area contributed by atoms with Crippen LogP contribution < -0.4 is 10.9 Å². The molecule has 0 atom stereocenters. The van der Waals surface area contributed by atoms with Gasteiger partial charge in [0, 0.05) is 11.9 Å². The Labute approximate surface area is 150 Å². The largest absolute Gasteiger partial charge is 0.322 e. The molecule has 1 heterocycles. The number of carbonyl (C=O) groups excluding carboxylic acids is 1. The first kappa shape index (κ1) is 17.6. The van der Waals surface area contributed by atoms with E-state index in [2.05, 4.69) is 12.2 Å². The maximum Gasteiger partial charge on any atom is 0.263 e. The normalized spacial score (nSPS) is 10.5. The van der Waals surface area contributed by atoms with E-state index in [1.54, 1.807) is 24.4 Å². The summed E-state index contributed by atoms with van der Waals surface area (Å²) < 4.78 is 14.7. The van der Waals surface area contributed by atoms with Crippen LogP contribution >= 0.6 is 0 Å². The molecule has 0 fully saturated rings. The second-order valence-electron chi connectivity index (χ2n) is 5.99. The van der Waals surface area contributed by atoms with Crippen molar-refractivity contribution < 1.29 is 9.18 Å². The Morgan fingerprint density at radius 1 is 1.04 bits per heavy atom. The van der Waals surface area contributed by atoms with E-state index in [0.29, 0.717) is 11.3 Å². The minimum atomic E-state index is -0.465. The van der Waals surface area contributed by atoms with Crippen LogP contribution in [0.25, 0.3) is 0 Å². The van der Waals surface area contributed by atoms with Crippen LogP contribution in [0.1, 0.15) is 28.4 Å². The maximum absolute atomic E-state index is 13.3. The lowest BCUT2D eigenvalue weighted by atomic mass is 10.1. The number of nitrogens with one attached hydrogen (secondary N) is 1. The highest BCUT2D eigenvalue weighted by Gasteiger charge is 2.12. The third-order valence-electron chi connectivity index (χ3n) is 4.13. The molecular weight excluding hydrogens is 331 g/mol. The minimum absolute atomic E-state index is 0.0449. The number of pyridine rings is 1. The summed E-state index contributed by atoms with van der Waals surface area (Å²) >= 11 is 0. The highest BCUT2D eigenvalue weighted by atomic mass is 19.1. The number of rotatable bonds is 5. The number of benzene rings is 2. The first-order valence-electron chi connectivity index (χ1n) is 8.41. The van der Waals surface area contributed by atoms with Gasteiger partial charge in [-0.3, -0.25) is 9.59 Å². The van der Waals surface area contributed by atoms with Gasteiger partial charge in [0.05, 0.1) is 6.54 Å². The van der Waals surface area contributed by atoms with Crippen LogP contribution in [0.5, 0.6) is 0 Å². The minimum Gasteiger partial charge on any atom is -0.322 e. The van der Waals surface area contributed by atoms with Crippen LogP contribution in [0.15, 0.2) is 71.7 Å². The molecule has 1 N–H and O–H groups in total. The van der Waals surface area contributed by atoms with E-state index in [-0.39, 0.29) is 17.9 Å². The highest BCUT2D eigenvalue weighted by Crippen LogP contribution is 2.11. The fraction of sp³-hybridized carbons (Fsp3) is 0.143. The number of aromatic nitrogens is 1. The molecule has 0 spiro atoms. The zero-order chi connectivity index (χ0) is 18.5. The number of anilines is 1. The summed E-state index contributed by atoms with van der Waals surface area (Å²) in [7, 11) is 0. The van der Waals surface area contributed by atoms with Gasteiger partial charge in [0.15, 0.2) is 0 Å². The van der Waals surface area contributed by atoms with Gasteiger partial charge in [-0.05, 0) is 53.9 Å². The number of nitrogens with zero attached hydrogens (tertiary/aromatic N) is 1. The third-order valence-corrected chi connectivity index (χ3v) is 4.13. The van der Waals surface area contributed by atoms with E-state index in [0.717, 1.165) is 6.42 Å². The van der Waals surface area contributed by atoms with Crippen LogP contribution in [0, 0.1) is 5.82 Å². The number of hydrogen-bond acceptors (Lipinski definition) is 2. The van der Waals surface area contributed by atoms with Crippen molar-refractivity contribution in [1.29, 1.82) is 0 Å². The fourth-order valence-electron chi connectivity index (χ4n) is 2.69. The second-order valence-corrected chi connectivity index (χ2v) is 5.99. The summed E-state index contributed by atoms with van der Waals surface area (Å²) in [6.07, 6.45) is 2.50. The number of amides is 1. The smallest absolute Gasteiger partial charge is 0.263 e. The molecule has 4 nitrogen and oxygen atoms in total. The number of carbonyl (C=O) groups is 1. The Balaban J connectivity index is 1.81. The van der Waals surface area contributed by atoms with Crippen molar-refractivity contribution in [2.45, 2.75) is 19.9 Å². The molecule has 26 heavy (non-hydrogen) atoms. The van der Waals surface area contributed by atoms with Crippen molar-refractivity contribution in [1.82, 2.24) is 4.57 Å². The quantitative estimate of drug-likeness (QED) is 0.760. The summed E-state index contributed by atoms with van der Waals surface area (Å²) in [6, 6.07) is 16.6. The molecule has 0 aliphatic rings. The van der Waals surface area contributed by atoms with Gasteiger partial charge in [-0.15, -0.1) is 0 Å². The molecule has 132 valence electrons. The lowest BCUT2D eigenvalue weighted by Crippen LogP contribution is -2.29. The van der Waals surface area contributed by atoms with Crippen LogP contribution in [-0.4, -0.2) is 10.5 Å². The molecule has 0 unspecified atom stereocenters. The number of aryl methyl sites for hydroxylation is 1. The Morgan fingerprint density at radius 2 is 1.81 bits per heavy atom. The van der Waals surface area contributed by atoms with Gasteiger partial charge in [-0.25, -0.2) is 4.39 Å². The molecule has 0 radical (unpaired) electrons. The first-order valence-corrected chi connectivity index (χ1v) is 8.41. The zero-order valence-electron chi connectivity index (χ0n) is 14.4. The van der Waals surface area contributed by atoms with Crippen LogP contribution in [0.4, 0.5) is 10.1 Å². The average Bonchev–Trinajstić information content (AvgIpc) is 2.64. The van der Waals surface area contributed by atoms with Crippen molar-refractivity contribution in [3.63, 3.8) is 0 Å².